The summed E-state index contributed by atoms with van der Waals surface area (Å²) in [7, 11) is 0. The van der Waals surface area contributed by atoms with Crippen LogP contribution in [0, 0.1) is 13.8 Å². The predicted octanol–water partition coefficient (Wildman–Crippen LogP) is 5.70. The molecule has 0 amide bonds. The van der Waals surface area contributed by atoms with Crippen LogP contribution in [0.2, 0.25) is 0 Å². The third-order valence-electron chi connectivity index (χ3n) is 5.56. The van der Waals surface area contributed by atoms with E-state index in [0.717, 1.165) is 24.5 Å². The number of aromatic nitrogens is 2. The average molecular weight is 406 g/mol. The summed E-state index contributed by atoms with van der Waals surface area (Å²) >= 11 is 0. The standard InChI is InChI=1S/C17H24N2O.C9H11N/c1-14-10-6-3-2-4-9-13-16(18-14)17(20)19-15-11-7-5-8-12-15;1-7-2-5-9(10-6-7)8-3-4-8/h2-4,6,9-10,13,15,17,19-20H,5,7-8,11-12H2,1H3;2,5-6,8H,3-4H2,1H3. The molecule has 30 heavy (non-hydrogen) atoms. The first kappa shape index (κ1) is 22.4. The molecule has 0 aliphatic heterocycles. The zero-order chi connectivity index (χ0) is 21.2. The summed E-state index contributed by atoms with van der Waals surface area (Å²) in [4.78, 5) is 8.84. The second-order valence-electron chi connectivity index (χ2n) is 8.41. The first-order chi connectivity index (χ1) is 14.6. The molecule has 1 unspecified atom stereocenters. The Morgan fingerprint density at radius 1 is 0.867 bits per heavy atom. The Morgan fingerprint density at radius 3 is 2.23 bits per heavy atom. The fraction of sp³-hybridized carbons (Fsp3) is 0.462. The topological polar surface area (TPSA) is 58.0 Å². The van der Waals surface area contributed by atoms with E-state index in [1.165, 1.54) is 43.4 Å². The van der Waals surface area contributed by atoms with E-state index in [4.69, 9.17) is 0 Å². The summed E-state index contributed by atoms with van der Waals surface area (Å²) in [6.45, 7) is 4.01. The van der Waals surface area contributed by atoms with E-state index in [1.54, 1.807) is 0 Å². The van der Waals surface area contributed by atoms with Gasteiger partial charge >= 0.3 is 0 Å². The zero-order valence-corrected chi connectivity index (χ0v) is 18.3. The number of hydrogen-bond acceptors (Lipinski definition) is 4. The van der Waals surface area contributed by atoms with Gasteiger partial charge in [-0.15, -0.1) is 0 Å². The van der Waals surface area contributed by atoms with Gasteiger partial charge in [-0.25, -0.2) is 0 Å². The number of nitrogens with one attached hydrogen (secondary N) is 1. The number of aliphatic hydroxyl groups excluding tert-OH is 1. The Bertz CT molecular complexity index is 826. The molecule has 4 nitrogen and oxygen atoms in total. The number of hydrogen-bond donors (Lipinski definition) is 2. The first-order valence-corrected chi connectivity index (χ1v) is 11.3. The largest absolute Gasteiger partial charge is 0.373 e. The van der Waals surface area contributed by atoms with Gasteiger partial charge in [0, 0.05) is 29.5 Å². The molecule has 2 fully saturated rings. The molecule has 2 aliphatic rings. The van der Waals surface area contributed by atoms with E-state index in [2.05, 4.69) is 34.3 Å². The molecule has 2 heterocycles. The van der Waals surface area contributed by atoms with Crippen LogP contribution in [0.4, 0.5) is 0 Å². The Labute approximate surface area is 181 Å². The van der Waals surface area contributed by atoms with Gasteiger partial charge in [0.2, 0.25) is 0 Å². The lowest BCUT2D eigenvalue weighted by molar-refractivity contribution is 0.110. The number of rotatable bonds is 4. The van der Waals surface area contributed by atoms with Gasteiger partial charge in [-0.3, -0.25) is 15.3 Å². The summed E-state index contributed by atoms with van der Waals surface area (Å²) in [5.41, 5.74) is 4.10. The normalized spacial score (nSPS) is 17.3. The minimum atomic E-state index is -0.700. The van der Waals surface area contributed by atoms with E-state index in [0.29, 0.717) is 11.7 Å². The quantitative estimate of drug-likeness (QED) is 0.641. The molecule has 160 valence electrons. The van der Waals surface area contributed by atoms with Crippen LogP contribution in [0.3, 0.4) is 0 Å². The van der Waals surface area contributed by atoms with Gasteiger partial charge in [0.1, 0.15) is 6.23 Å². The molecule has 0 radical (unpaired) electrons. The lowest BCUT2D eigenvalue weighted by atomic mass is 9.95. The molecular formula is C26H35N3O. The Hall–Kier alpha value is -2.30. The number of aliphatic hydroxyl groups is 1. The summed E-state index contributed by atoms with van der Waals surface area (Å²) in [6, 6.07) is 18.2. The van der Waals surface area contributed by atoms with Gasteiger partial charge in [0.25, 0.3) is 0 Å². The van der Waals surface area contributed by atoms with Crippen LogP contribution in [0.1, 0.15) is 79.7 Å². The Kier molecular flexibility index (Phi) is 8.79. The molecule has 4 heteroatoms. The van der Waals surface area contributed by atoms with Gasteiger partial charge in [0.15, 0.2) is 0 Å². The molecule has 2 aliphatic carbocycles. The predicted molar refractivity (Wildman–Crippen MR) is 123 cm³/mol. The van der Waals surface area contributed by atoms with Crippen LogP contribution in [0.25, 0.3) is 0 Å². The molecule has 1 atom stereocenters. The third-order valence-corrected chi connectivity index (χ3v) is 5.56. The SMILES string of the molecule is Cc1ccc(C2CC2)nc1.Cc1cccccccc(C(O)NC2CCCCC2)n1. The smallest absolute Gasteiger partial charge is 0.148 e. The lowest BCUT2D eigenvalue weighted by Crippen LogP contribution is -2.34. The second kappa shape index (κ2) is 11.8. The van der Waals surface area contributed by atoms with Crippen molar-refractivity contribution in [3.63, 3.8) is 0 Å². The molecular weight excluding hydrogens is 370 g/mol. The molecule has 2 saturated carbocycles. The molecule has 2 aromatic heterocycles. The maximum absolute atomic E-state index is 10.4. The second-order valence-corrected chi connectivity index (χ2v) is 8.41. The van der Waals surface area contributed by atoms with Crippen molar-refractivity contribution >= 4 is 0 Å². The monoisotopic (exact) mass is 405 g/mol. The third kappa shape index (κ3) is 7.85. The number of pyridine rings is 1. The first-order valence-electron chi connectivity index (χ1n) is 11.3. The van der Waals surface area contributed by atoms with Crippen LogP contribution in [0.5, 0.6) is 0 Å². The molecule has 2 aromatic rings. The van der Waals surface area contributed by atoms with Crippen LogP contribution in [0.15, 0.2) is 60.8 Å². The van der Waals surface area contributed by atoms with Gasteiger partial charge in [-0.1, -0.05) is 55.7 Å². The highest BCUT2D eigenvalue weighted by molar-refractivity contribution is 5.18. The van der Waals surface area contributed by atoms with Crippen molar-refractivity contribution in [2.75, 3.05) is 0 Å². The van der Waals surface area contributed by atoms with Crippen LogP contribution < -0.4 is 5.32 Å². The summed E-state index contributed by atoms with van der Waals surface area (Å²) in [5, 5.41) is 13.7. The van der Waals surface area contributed by atoms with E-state index in [1.807, 2.05) is 55.6 Å². The minimum absolute atomic E-state index is 0.407. The highest BCUT2D eigenvalue weighted by Crippen LogP contribution is 2.38. The van der Waals surface area contributed by atoms with Gasteiger partial charge in [0.05, 0.1) is 5.69 Å². The molecule has 0 aromatic carbocycles. The maximum atomic E-state index is 10.4. The molecule has 0 bridgehead atoms. The summed E-state index contributed by atoms with van der Waals surface area (Å²) in [5.74, 6) is 0.792. The van der Waals surface area contributed by atoms with E-state index in [9.17, 15) is 5.11 Å². The number of aryl methyl sites for hydroxylation is 2. The zero-order valence-electron chi connectivity index (χ0n) is 18.3. The Balaban J connectivity index is 0.000000212. The maximum Gasteiger partial charge on any atom is 0.148 e. The highest BCUT2D eigenvalue weighted by Gasteiger charge is 2.24. The number of nitrogens with zero attached hydrogens (tertiary/aromatic N) is 2. The van der Waals surface area contributed by atoms with Crippen molar-refractivity contribution in [1.29, 1.82) is 0 Å². The van der Waals surface area contributed by atoms with Crippen LogP contribution in [-0.4, -0.2) is 21.1 Å². The average Bonchev–Trinajstić information content (AvgIpc) is 3.60. The molecule has 4 rings (SSSR count). The van der Waals surface area contributed by atoms with Crippen LogP contribution in [-0.2, 0) is 0 Å². The van der Waals surface area contributed by atoms with Crippen molar-refractivity contribution in [2.24, 2.45) is 0 Å². The van der Waals surface area contributed by atoms with Crippen molar-refractivity contribution in [3.05, 3.63) is 83.4 Å². The van der Waals surface area contributed by atoms with Gasteiger partial charge in [-0.2, -0.15) is 0 Å². The van der Waals surface area contributed by atoms with Crippen molar-refractivity contribution < 1.29 is 5.11 Å². The minimum Gasteiger partial charge on any atom is -0.373 e. The van der Waals surface area contributed by atoms with E-state index < -0.39 is 6.23 Å². The molecule has 0 saturated heterocycles. The van der Waals surface area contributed by atoms with E-state index in [-0.39, 0.29) is 0 Å². The summed E-state index contributed by atoms with van der Waals surface area (Å²) < 4.78 is 0. The highest BCUT2D eigenvalue weighted by atomic mass is 16.3. The Morgan fingerprint density at radius 2 is 1.57 bits per heavy atom. The molecule has 2 N–H and O–H groups in total. The van der Waals surface area contributed by atoms with Crippen molar-refractivity contribution in [3.8, 4) is 0 Å². The van der Waals surface area contributed by atoms with Crippen LogP contribution >= 0.6 is 0 Å². The fourth-order valence-electron chi connectivity index (χ4n) is 3.65. The van der Waals surface area contributed by atoms with E-state index >= 15 is 0 Å². The lowest BCUT2D eigenvalue weighted by Gasteiger charge is -2.25. The van der Waals surface area contributed by atoms with Gasteiger partial charge in [-0.05, 0) is 63.3 Å². The fourth-order valence-corrected chi connectivity index (χ4v) is 3.65. The molecule has 0 spiro atoms. The van der Waals surface area contributed by atoms with Crippen molar-refractivity contribution in [2.45, 2.75) is 77.0 Å². The summed E-state index contributed by atoms with van der Waals surface area (Å²) in [6.07, 6.45) is 10.0. The van der Waals surface area contributed by atoms with Crippen molar-refractivity contribution in [1.82, 2.24) is 15.3 Å². The van der Waals surface area contributed by atoms with Gasteiger partial charge < -0.3 is 5.11 Å².